The van der Waals surface area contributed by atoms with E-state index in [1.165, 1.54) is 37.7 Å². The van der Waals surface area contributed by atoms with Gasteiger partial charge in [-0.25, -0.2) is 4.79 Å². The maximum atomic E-state index is 12.4. The van der Waals surface area contributed by atoms with E-state index >= 15 is 0 Å². The van der Waals surface area contributed by atoms with Crippen molar-refractivity contribution >= 4 is 17.6 Å². The third kappa shape index (κ3) is 3.21. The topological polar surface area (TPSA) is 106 Å². The second-order valence-corrected chi connectivity index (χ2v) is 5.26. The predicted molar refractivity (Wildman–Crippen MR) is 75.2 cm³/mol. The Labute approximate surface area is 122 Å². The molecule has 0 atom stereocenters. The minimum Gasteiger partial charge on any atom is -0.480 e. The Bertz CT molecular complexity index is 576. The normalized spacial score (nSPS) is 11.2. The second-order valence-electron chi connectivity index (χ2n) is 5.26. The second kappa shape index (κ2) is 5.94. The van der Waals surface area contributed by atoms with Crippen molar-refractivity contribution in [1.29, 1.82) is 0 Å². The molecule has 0 aromatic carbocycles. The van der Waals surface area contributed by atoms with E-state index in [4.69, 9.17) is 5.11 Å². The van der Waals surface area contributed by atoms with Crippen LogP contribution in [-0.4, -0.2) is 44.0 Å². The molecule has 0 bridgehead atoms. The fourth-order valence-corrected chi connectivity index (χ4v) is 1.77. The maximum absolute atomic E-state index is 12.4. The SMILES string of the molecule is CCCn1cc([N+](=O)[O-])cc1C(=O)N(C)C(C)(C)C(=O)O. The first kappa shape index (κ1) is 16.7. The Morgan fingerprint density at radius 2 is 2.05 bits per heavy atom. The van der Waals surface area contributed by atoms with Crippen molar-refractivity contribution in [2.45, 2.75) is 39.3 Å². The molecule has 1 aromatic heterocycles. The molecule has 8 heteroatoms. The lowest BCUT2D eigenvalue weighted by Gasteiger charge is -2.31. The Morgan fingerprint density at radius 1 is 1.48 bits per heavy atom. The monoisotopic (exact) mass is 297 g/mol. The molecular weight excluding hydrogens is 278 g/mol. The van der Waals surface area contributed by atoms with Crippen LogP contribution in [0.4, 0.5) is 5.69 Å². The summed E-state index contributed by atoms with van der Waals surface area (Å²) in [7, 11) is 1.37. The average molecular weight is 297 g/mol. The van der Waals surface area contributed by atoms with Crippen molar-refractivity contribution in [3.63, 3.8) is 0 Å². The van der Waals surface area contributed by atoms with E-state index in [1.54, 1.807) is 0 Å². The van der Waals surface area contributed by atoms with Gasteiger partial charge in [0.1, 0.15) is 11.2 Å². The fourth-order valence-electron chi connectivity index (χ4n) is 1.77. The third-order valence-corrected chi connectivity index (χ3v) is 3.44. The quantitative estimate of drug-likeness (QED) is 0.636. The molecule has 1 heterocycles. The molecule has 0 fully saturated rings. The van der Waals surface area contributed by atoms with E-state index in [-0.39, 0.29) is 11.4 Å². The van der Waals surface area contributed by atoms with Crippen LogP contribution in [0.1, 0.15) is 37.7 Å². The Kier molecular flexibility index (Phi) is 4.72. The van der Waals surface area contributed by atoms with Gasteiger partial charge in [0, 0.05) is 19.7 Å². The first-order chi connectivity index (χ1) is 9.62. The summed E-state index contributed by atoms with van der Waals surface area (Å²) in [5, 5.41) is 20.0. The summed E-state index contributed by atoms with van der Waals surface area (Å²) in [5.41, 5.74) is -1.48. The zero-order valence-corrected chi connectivity index (χ0v) is 12.5. The number of rotatable bonds is 6. The van der Waals surface area contributed by atoms with Gasteiger partial charge >= 0.3 is 5.97 Å². The number of aliphatic carboxylic acids is 1. The van der Waals surface area contributed by atoms with Crippen molar-refractivity contribution in [3.8, 4) is 0 Å². The van der Waals surface area contributed by atoms with Gasteiger partial charge in [0.15, 0.2) is 0 Å². The number of aromatic nitrogens is 1. The van der Waals surface area contributed by atoms with Crippen molar-refractivity contribution in [1.82, 2.24) is 9.47 Å². The smallest absolute Gasteiger partial charge is 0.329 e. The van der Waals surface area contributed by atoms with Gasteiger partial charge in [0.25, 0.3) is 11.6 Å². The molecule has 1 N–H and O–H groups in total. The lowest BCUT2D eigenvalue weighted by atomic mass is 10.0. The Morgan fingerprint density at radius 3 is 2.48 bits per heavy atom. The van der Waals surface area contributed by atoms with Crippen LogP contribution in [0.15, 0.2) is 12.3 Å². The van der Waals surface area contributed by atoms with E-state index in [9.17, 15) is 19.7 Å². The highest BCUT2D eigenvalue weighted by Crippen LogP contribution is 2.22. The molecule has 1 amide bonds. The third-order valence-electron chi connectivity index (χ3n) is 3.44. The molecule has 0 aliphatic carbocycles. The molecule has 0 unspecified atom stereocenters. The molecule has 0 aliphatic heterocycles. The highest BCUT2D eigenvalue weighted by molar-refractivity contribution is 5.97. The van der Waals surface area contributed by atoms with Gasteiger partial charge in [-0.05, 0) is 20.3 Å². The number of carbonyl (C=O) groups excluding carboxylic acids is 1. The van der Waals surface area contributed by atoms with Gasteiger partial charge in [0.05, 0.1) is 11.1 Å². The molecule has 21 heavy (non-hydrogen) atoms. The number of carboxylic acids is 1. The van der Waals surface area contributed by atoms with Gasteiger partial charge < -0.3 is 14.6 Å². The minimum absolute atomic E-state index is 0.111. The predicted octanol–water partition coefficient (Wildman–Crippen LogP) is 1.74. The van der Waals surface area contributed by atoms with Gasteiger partial charge in [-0.3, -0.25) is 14.9 Å². The van der Waals surface area contributed by atoms with Gasteiger partial charge in [0.2, 0.25) is 0 Å². The van der Waals surface area contributed by atoms with Crippen LogP contribution in [0.5, 0.6) is 0 Å². The summed E-state index contributed by atoms with van der Waals surface area (Å²) in [6, 6.07) is 1.17. The molecule has 0 spiro atoms. The lowest BCUT2D eigenvalue weighted by molar-refractivity contribution is -0.384. The van der Waals surface area contributed by atoms with Gasteiger partial charge in [-0.15, -0.1) is 0 Å². The number of nitrogens with zero attached hydrogens (tertiary/aromatic N) is 3. The largest absolute Gasteiger partial charge is 0.480 e. The number of amides is 1. The molecule has 0 aliphatic rings. The number of hydrogen-bond acceptors (Lipinski definition) is 4. The first-order valence-corrected chi connectivity index (χ1v) is 6.49. The molecule has 1 rings (SSSR count). The molecule has 0 radical (unpaired) electrons. The number of carbonyl (C=O) groups is 2. The summed E-state index contributed by atoms with van der Waals surface area (Å²) < 4.78 is 1.48. The van der Waals surface area contributed by atoms with Crippen LogP contribution in [0.3, 0.4) is 0 Å². The summed E-state index contributed by atoms with van der Waals surface area (Å²) in [5.74, 6) is -1.72. The standard InChI is InChI=1S/C13H19N3O5/c1-5-6-15-8-9(16(20)21)7-10(15)11(17)14(4)13(2,3)12(18)19/h7-8H,5-6H2,1-4H3,(H,18,19). The zero-order valence-electron chi connectivity index (χ0n) is 12.5. The van der Waals surface area contributed by atoms with Crippen molar-refractivity contribution in [3.05, 3.63) is 28.1 Å². The molecule has 8 nitrogen and oxygen atoms in total. The molecule has 0 saturated carbocycles. The molecular formula is C13H19N3O5. The summed E-state index contributed by atoms with van der Waals surface area (Å²) in [4.78, 5) is 35.0. The Hall–Kier alpha value is -2.38. The van der Waals surface area contributed by atoms with Crippen molar-refractivity contribution in [2.24, 2.45) is 0 Å². The van der Waals surface area contributed by atoms with Gasteiger partial charge in [-0.1, -0.05) is 6.92 Å². The van der Waals surface area contributed by atoms with Crippen molar-refractivity contribution in [2.75, 3.05) is 7.05 Å². The summed E-state index contributed by atoms with van der Waals surface area (Å²) in [6.45, 7) is 5.12. The highest BCUT2D eigenvalue weighted by Gasteiger charge is 2.37. The van der Waals surface area contributed by atoms with Crippen LogP contribution < -0.4 is 0 Å². The summed E-state index contributed by atoms with van der Waals surface area (Å²) in [6.07, 6.45) is 1.98. The number of hydrogen-bond donors (Lipinski definition) is 1. The van der Waals surface area contributed by atoms with Crippen LogP contribution in [0.25, 0.3) is 0 Å². The van der Waals surface area contributed by atoms with Crippen LogP contribution >= 0.6 is 0 Å². The first-order valence-electron chi connectivity index (χ1n) is 6.49. The van der Waals surface area contributed by atoms with Crippen LogP contribution in [0, 0.1) is 10.1 Å². The van der Waals surface area contributed by atoms with E-state index in [2.05, 4.69) is 0 Å². The maximum Gasteiger partial charge on any atom is 0.329 e. The van der Waals surface area contributed by atoms with Gasteiger partial charge in [-0.2, -0.15) is 0 Å². The highest BCUT2D eigenvalue weighted by atomic mass is 16.6. The molecule has 1 aromatic rings. The van der Waals surface area contributed by atoms with E-state index in [0.717, 1.165) is 4.90 Å². The van der Waals surface area contributed by atoms with Crippen LogP contribution in [-0.2, 0) is 11.3 Å². The van der Waals surface area contributed by atoms with Crippen LogP contribution in [0.2, 0.25) is 0 Å². The number of likely N-dealkylation sites (N-methyl/N-ethyl adjacent to an activating group) is 1. The molecule has 116 valence electrons. The van der Waals surface area contributed by atoms with E-state index in [1.807, 2.05) is 6.92 Å². The number of nitro groups is 1. The average Bonchev–Trinajstić information content (AvgIpc) is 2.81. The summed E-state index contributed by atoms with van der Waals surface area (Å²) >= 11 is 0. The zero-order chi connectivity index (χ0) is 16.4. The number of aryl methyl sites for hydroxylation is 1. The van der Waals surface area contributed by atoms with E-state index < -0.39 is 22.3 Å². The minimum atomic E-state index is -1.41. The number of carboxylic acid groups (broad SMARTS) is 1. The molecule has 0 saturated heterocycles. The van der Waals surface area contributed by atoms with E-state index in [0.29, 0.717) is 13.0 Å². The Balaban J connectivity index is 3.22. The van der Waals surface area contributed by atoms with Crippen molar-refractivity contribution < 1.29 is 19.6 Å². The lowest BCUT2D eigenvalue weighted by Crippen LogP contribution is -2.51. The fraction of sp³-hybridized carbons (Fsp3) is 0.538.